The Labute approximate surface area is 97.3 Å². The summed E-state index contributed by atoms with van der Waals surface area (Å²) < 4.78 is 13.0. The lowest BCUT2D eigenvalue weighted by molar-refractivity contribution is 0.00372. The number of hydrogen-bond acceptors (Lipinski definition) is 4. The molecule has 0 bridgehead atoms. The molecule has 0 spiro atoms. The summed E-state index contributed by atoms with van der Waals surface area (Å²) in [5.74, 6) is -1.48. The molecule has 5 nitrogen and oxygen atoms in total. The molecular weight excluding hydrogens is 229 g/mol. The third-order valence-electron chi connectivity index (χ3n) is 2.39. The second-order valence-electron chi connectivity index (χ2n) is 3.62. The molecule has 0 saturated carbocycles. The largest absolute Gasteiger partial charge is 0.396 e. The van der Waals surface area contributed by atoms with Crippen molar-refractivity contribution in [2.45, 2.75) is 18.6 Å². The van der Waals surface area contributed by atoms with E-state index in [9.17, 15) is 19.4 Å². The van der Waals surface area contributed by atoms with Gasteiger partial charge in [0.15, 0.2) is 0 Å². The Bertz CT molecular complexity index is 410. The summed E-state index contributed by atoms with van der Waals surface area (Å²) in [5.41, 5.74) is 4.93. The Morgan fingerprint density at radius 2 is 2.06 bits per heavy atom. The molecule has 0 aliphatic heterocycles. The molecule has 94 valence electrons. The molecule has 0 radical (unpaired) electrons. The summed E-state index contributed by atoms with van der Waals surface area (Å²) in [7, 11) is 0. The van der Waals surface area contributed by atoms with Crippen LogP contribution >= 0.6 is 0 Å². The zero-order valence-corrected chi connectivity index (χ0v) is 9.01. The van der Waals surface area contributed by atoms with Crippen molar-refractivity contribution >= 4 is 5.91 Å². The molecule has 1 aromatic carbocycles. The molecule has 6 heteroatoms. The molecular formula is C11H14FNO4. The van der Waals surface area contributed by atoms with Crippen LogP contribution in [0, 0.1) is 5.82 Å². The summed E-state index contributed by atoms with van der Waals surface area (Å²) in [4.78, 5) is 11.1. The van der Waals surface area contributed by atoms with Crippen LogP contribution in [0.2, 0.25) is 0 Å². The SMILES string of the molecule is NC(=O)c1ccc(F)cc1C(O)C(O)CCO. The lowest BCUT2D eigenvalue weighted by atomic mass is 9.96. The quantitative estimate of drug-likeness (QED) is 0.570. The zero-order chi connectivity index (χ0) is 13.0. The fraction of sp³-hybridized carbons (Fsp3) is 0.364. The molecule has 17 heavy (non-hydrogen) atoms. The molecule has 2 atom stereocenters. The maximum absolute atomic E-state index is 13.0. The lowest BCUT2D eigenvalue weighted by Crippen LogP contribution is -2.23. The molecule has 1 rings (SSSR count). The van der Waals surface area contributed by atoms with Gasteiger partial charge in [-0.05, 0) is 30.2 Å². The predicted octanol–water partition coefficient (Wildman–Crippen LogP) is -0.299. The zero-order valence-electron chi connectivity index (χ0n) is 9.01. The van der Waals surface area contributed by atoms with Gasteiger partial charge in [-0.15, -0.1) is 0 Å². The molecule has 0 heterocycles. The smallest absolute Gasteiger partial charge is 0.249 e. The van der Waals surface area contributed by atoms with Gasteiger partial charge in [0.05, 0.1) is 6.10 Å². The summed E-state index contributed by atoms with van der Waals surface area (Å²) in [6.45, 7) is -0.334. The predicted molar refractivity (Wildman–Crippen MR) is 57.6 cm³/mol. The molecule has 0 fully saturated rings. The summed E-state index contributed by atoms with van der Waals surface area (Å²) in [6.07, 6.45) is -2.85. The van der Waals surface area contributed by atoms with E-state index in [1.807, 2.05) is 0 Å². The lowest BCUT2D eigenvalue weighted by Gasteiger charge is -2.19. The average molecular weight is 243 g/mol. The number of benzene rings is 1. The van der Waals surface area contributed by atoms with Crippen LogP contribution in [-0.4, -0.2) is 33.9 Å². The Balaban J connectivity index is 3.10. The number of carbonyl (C=O) groups excluding carboxylic acids is 1. The van der Waals surface area contributed by atoms with Gasteiger partial charge >= 0.3 is 0 Å². The molecule has 1 aromatic rings. The van der Waals surface area contributed by atoms with Gasteiger partial charge in [0.25, 0.3) is 0 Å². The van der Waals surface area contributed by atoms with Crippen molar-refractivity contribution in [2.24, 2.45) is 5.73 Å². The van der Waals surface area contributed by atoms with Crippen LogP contribution in [-0.2, 0) is 0 Å². The number of hydrogen-bond donors (Lipinski definition) is 4. The van der Waals surface area contributed by atoms with E-state index < -0.39 is 23.9 Å². The Hall–Kier alpha value is -1.50. The number of aliphatic hydroxyl groups is 3. The summed E-state index contributed by atoms with van der Waals surface area (Å²) in [5, 5.41) is 27.9. The van der Waals surface area contributed by atoms with Crippen LogP contribution in [0.25, 0.3) is 0 Å². The molecule has 0 aliphatic carbocycles. The van der Waals surface area contributed by atoms with E-state index in [0.717, 1.165) is 18.2 Å². The van der Waals surface area contributed by atoms with Crippen LogP contribution in [0.4, 0.5) is 4.39 Å². The van der Waals surface area contributed by atoms with Crippen molar-refractivity contribution in [3.8, 4) is 0 Å². The summed E-state index contributed by atoms with van der Waals surface area (Å²) in [6, 6.07) is 3.11. The van der Waals surface area contributed by atoms with Crippen molar-refractivity contribution in [3.05, 3.63) is 35.1 Å². The van der Waals surface area contributed by atoms with Crippen molar-refractivity contribution in [3.63, 3.8) is 0 Å². The molecule has 0 aliphatic rings. The molecule has 0 aromatic heterocycles. The highest BCUT2D eigenvalue weighted by atomic mass is 19.1. The van der Waals surface area contributed by atoms with Crippen molar-refractivity contribution in [2.75, 3.05) is 6.61 Å². The normalized spacial score (nSPS) is 14.4. The second-order valence-corrected chi connectivity index (χ2v) is 3.62. The first-order valence-electron chi connectivity index (χ1n) is 5.03. The number of carbonyl (C=O) groups is 1. The topological polar surface area (TPSA) is 104 Å². The number of rotatable bonds is 5. The first-order valence-corrected chi connectivity index (χ1v) is 5.03. The third-order valence-corrected chi connectivity index (χ3v) is 2.39. The van der Waals surface area contributed by atoms with Crippen LogP contribution < -0.4 is 5.73 Å². The highest BCUT2D eigenvalue weighted by Gasteiger charge is 2.23. The van der Waals surface area contributed by atoms with Crippen LogP contribution in [0.1, 0.15) is 28.4 Å². The first kappa shape index (κ1) is 13.6. The maximum Gasteiger partial charge on any atom is 0.249 e. The van der Waals surface area contributed by atoms with Crippen LogP contribution in [0.3, 0.4) is 0 Å². The van der Waals surface area contributed by atoms with Gasteiger partial charge in [-0.25, -0.2) is 4.39 Å². The number of nitrogens with two attached hydrogens (primary N) is 1. The van der Waals surface area contributed by atoms with E-state index in [4.69, 9.17) is 10.8 Å². The van der Waals surface area contributed by atoms with E-state index in [0.29, 0.717) is 0 Å². The van der Waals surface area contributed by atoms with Crippen molar-refractivity contribution < 1.29 is 24.5 Å². The van der Waals surface area contributed by atoms with Crippen molar-refractivity contribution in [1.29, 1.82) is 0 Å². The van der Waals surface area contributed by atoms with Gasteiger partial charge in [0.1, 0.15) is 11.9 Å². The van der Waals surface area contributed by atoms with Gasteiger partial charge in [-0.1, -0.05) is 0 Å². The minimum Gasteiger partial charge on any atom is -0.396 e. The Morgan fingerprint density at radius 1 is 1.41 bits per heavy atom. The monoisotopic (exact) mass is 243 g/mol. The van der Waals surface area contributed by atoms with E-state index in [-0.39, 0.29) is 24.2 Å². The minimum atomic E-state index is -1.47. The number of amides is 1. The maximum atomic E-state index is 13.0. The Morgan fingerprint density at radius 3 is 2.59 bits per heavy atom. The van der Waals surface area contributed by atoms with E-state index in [2.05, 4.69) is 0 Å². The summed E-state index contributed by atoms with van der Waals surface area (Å²) >= 11 is 0. The van der Waals surface area contributed by atoms with Gasteiger partial charge in [0.2, 0.25) is 5.91 Å². The molecule has 0 saturated heterocycles. The number of aliphatic hydroxyl groups excluding tert-OH is 3. The first-order chi connectivity index (χ1) is 7.97. The average Bonchev–Trinajstić information content (AvgIpc) is 2.27. The number of primary amides is 1. The fourth-order valence-electron chi connectivity index (χ4n) is 1.50. The highest BCUT2D eigenvalue weighted by Crippen LogP contribution is 2.23. The van der Waals surface area contributed by atoms with Gasteiger partial charge in [-0.2, -0.15) is 0 Å². The van der Waals surface area contributed by atoms with E-state index in [1.54, 1.807) is 0 Å². The van der Waals surface area contributed by atoms with Gasteiger partial charge in [-0.3, -0.25) is 4.79 Å². The second kappa shape index (κ2) is 5.72. The minimum absolute atomic E-state index is 0.0594. The molecule has 2 unspecified atom stereocenters. The molecule has 1 amide bonds. The van der Waals surface area contributed by atoms with Crippen molar-refractivity contribution in [1.82, 2.24) is 0 Å². The third kappa shape index (κ3) is 3.23. The standard InChI is InChI=1S/C11H14FNO4/c12-6-1-2-7(11(13)17)8(5-6)10(16)9(15)3-4-14/h1-2,5,9-10,14-16H,3-4H2,(H2,13,17). The number of halogens is 1. The van der Waals surface area contributed by atoms with Gasteiger partial charge < -0.3 is 21.1 Å². The van der Waals surface area contributed by atoms with Crippen LogP contribution in [0.5, 0.6) is 0 Å². The van der Waals surface area contributed by atoms with Crippen LogP contribution in [0.15, 0.2) is 18.2 Å². The fourth-order valence-corrected chi connectivity index (χ4v) is 1.50. The Kier molecular flexibility index (Phi) is 4.56. The highest BCUT2D eigenvalue weighted by molar-refractivity contribution is 5.94. The van der Waals surface area contributed by atoms with E-state index in [1.165, 1.54) is 0 Å². The van der Waals surface area contributed by atoms with E-state index >= 15 is 0 Å². The molecule has 5 N–H and O–H groups in total. The van der Waals surface area contributed by atoms with Gasteiger partial charge in [0, 0.05) is 12.2 Å².